The Morgan fingerprint density at radius 3 is 2.35 bits per heavy atom. The number of nitrogens with zero attached hydrogens (tertiary/aromatic N) is 6. The molecule has 1 saturated heterocycles. The van der Waals surface area contributed by atoms with Crippen LogP contribution in [0, 0.1) is 26.6 Å². The van der Waals surface area contributed by atoms with Crippen molar-refractivity contribution in [1.29, 1.82) is 0 Å². The fraction of sp³-hybridized carbons (Fsp3) is 0.348. The number of aryl methyl sites for hydroxylation is 3. The first-order valence-electron chi connectivity index (χ1n) is 10.9. The van der Waals surface area contributed by atoms with Gasteiger partial charge in [0, 0.05) is 48.7 Å². The van der Waals surface area contributed by atoms with E-state index < -0.39 is 11.7 Å². The zero-order valence-electron chi connectivity index (χ0n) is 19.2. The van der Waals surface area contributed by atoms with Crippen LogP contribution in [0.5, 0.6) is 0 Å². The summed E-state index contributed by atoms with van der Waals surface area (Å²) in [6, 6.07) is 7.55. The highest BCUT2D eigenvalue weighted by atomic mass is 35.5. The monoisotopic (exact) mass is 485 g/mol. The van der Waals surface area contributed by atoms with E-state index in [2.05, 4.69) is 20.4 Å². The zero-order valence-corrected chi connectivity index (χ0v) is 19.9. The highest BCUT2D eigenvalue weighted by molar-refractivity contribution is 6.31. The molecule has 0 atom stereocenters. The van der Waals surface area contributed by atoms with E-state index >= 15 is 0 Å². The molecule has 0 bridgehead atoms. The van der Waals surface area contributed by atoms with Gasteiger partial charge < -0.3 is 10.2 Å². The van der Waals surface area contributed by atoms with Crippen LogP contribution < -0.4 is 5.32 Å². The van der Waals surface area contributed by atoms with Gasteiger partial charge in [0.2, 0.25) is 5.91 Å². The molecule has 1 N–H and O–H groups in total. The largest absolute Gasteiger partial charge is 0.336 e. The van der Waals surface area contributed by atoms with Gasteiger partial charge in [-0.15, -0.1) is 0 Å². The van der Waals surface area contributed by atoms with Crippen LogP contribution in [-0.2, 0) is 4.79 Å². The second-order valence-electron chi connectivity index (χ2n) is 8.27. The van der Waals surface area contributed by atoms with Crippen molar-refractivity contribution in [2.45, 2.75) is 20.8 Å². The van der Waals surface area contributed by atoms with Crippen molar-refractivity contribution in [3.8, 4) is 5.95 Å². The third kappa shape index (κ3) is 5.40. The van der Waals surface area contributed by atoms with Crippen LogP contribution in [-0.4, -0.2) is 74.1 Å². The Bertz CT molecular complexity index is 1220. The highest BCUT2D eigenvalue weighted by Crippen LogP contribution is 2.18. The maximum Gasteiger partial charge on any atom is 0.256 e. The number of carbonyl (C=O) groups excluding carboxylic acids is 2. The lowest BCUT2D eigenvalue weighted by Crippen LogP contribution is -2.50. The molecular formula is C23H25ClFN7O2. The molecule has 1 aliphatic heterocycles. The molecule has 34 heavy (non-hydrogen) atoms. The molecule has 1 aromatic carbocycles. The summed E-state index contributed by atoms with van der Waals surface area (Å²) >= 11 is 5.91. The van der Waals surface area contributed by atoms with E-state index in [-0.39, 0.29) is 18.0 Å². The molecule has 0 saturated carbocycles. The summed E-state index contributed by atoms with van der Waals surface area (Å²) in [6.45, 7) is 7.45. The number of halogens is 2. The minimum Gasteiger partial charge on any atom is -0.336 e. The SMILES string of the molecule is Cc1cc(C)nc(-n2nc(C)cc2NC(=O)CN2CCN(C(=O)c3cc(Cl)ccc3F)CC2)n1. The van der Waals surface area contributed by atoms with E-state index in [1.807, 2.05) is 31.7 Å². The quantitative estimate of drug-likeness (QED) is 0.597. The minimum atomic E-state index is -0.601. The molecule has 3 aromatic rings. The summed E-state index contributed by atoms with van der Waals surface area (Å²) in [7, 11) is 0. The number of hydrogen-bond donors (Lipinski definition) is 1. The molecule has 178 valence electrons. The van der Waals surface area contributed by atoms with Crippen molar-refractivity contribution in [3.05, 3.63) is 63.8 Å². The number of rotatable bonds is 5. The Hall–Kier alpha value is -3.37. The van der Waals surface area contributed by atoms with E-state index in [1.54, 1.807) is 11.0 Å². The molecule has 11 heteroatoms. The summed E-state index contributed by atoms with van der Waals surface area (Å²) in [5.41, 5.74) is 2.28. The summed E-state index contributed by atoms with van der Waals surface area (Å²) in [5, 5.41) is 7.60. The number of piperazine rings is 1. The first-order chi connectivity index (χ1) is 16.2. The third-order valence-corrected chi connectivity index (χ3v) is 5.68. The molecular weight excluding hydrogens is 461 g/mol. The molecule has 0 aliphatic carbocycles. The van der Waals surface area contributed by atoms with Gasteiger partial charge >= 0.3 is 0 Å². The molecule has 3 heterocycles. The van der Waals surface area contributed by atoms with Crippen LogP contribution in [0.4, 0.5) is 10.2 Å². The van der Waals surface area contributed by atoms with Gasteiger partial charge in [0.25, 0.3) is 11.9 Å². The van der Waals surface area contributed by atoms with Crippen molar-refractivity contribution in [3.63, 3.8) is 0 Å². The van der Waals surface area contributed by atoms with Crippen LogP contribution in [0.25, 0.3) is 5.95 Å². The van der Waals surface area contributed by atoms with Crippen LogP contribution in [0.3, 0.4) is 0 Å². The number of nitrogens with one attached hydrogen (secondary N) is 1. The number of aromatic nitrogens is 4. The number of hydrogen-bond acceptors (Lipinski definition) is 6. The van der Waals surface area contributed by atoms with Gasteiger partial charge in [-0.25, -0.2) is 14.4 Å². The second-order valence-corrected chi connectivity index (χ2v) is 8.71. The third-order valence-electron chi connectivity index (χ3n) is 5.44. The lowest BCUT2D eigenvalue weighted by molar-refractivity contribution is -0.117. The van der Waals surface area contributed by atoms with E-state index in [0.717, 1.165) is 17.1 Å². The van der Waals surface area contributed by atoms with E-state index in [0.29, 0.717) is 43.0 Å². The number of carbonyl (C=O) groups is 2. The van der Waals surface area contributed by atoms with Crippen molar-refractivity contribution in [1.82, 2.24) is 29.5 Å². The Kier molecular flexibility index (Phi) is 6.90. The first-order valence-corrected chi connectivity index (χ1v) is 11.2. The Labute approximate surface area is 201 Å². The summed E-state index contributed by atoms with van der Waals surface area (Å²) < 4.78 is 15.6. The summed E-state index contributed by atoms with van der Waals surface area (Å²) in [5.74, 6) is -0.349. The lowest BCUT2D eigenvalue weighted by atomic mass is 10.1. The van der Waals surface area contributed by atoms with Crippen LogP contribution in [0.2, 0.25) is 5.02 Å². The fourth-order valence-corrected chi connectivity index (χ4v) is 4.04. The summed E-state index contributed by atoms with van der Waals surface area (Å²) in [6.07, 6.45) is 0. The van der Waals surface area contributed by atoms with Gasteiger partial charge in [-0.3, -0.25) is 14.5 Å². The van der Waals surface area contributed by atoms with Gasteiger partial charge in [-0.05, 0) is 45.0 Å². The van der Waals surface area contributed by atoms with Gasteiger partial charge in [-0.2, -0.15) is 9.78 Å². The van der Waals surface area contributed by atoms with Gasteiger partial charge in [-0.1, -0.05) is 11.6 Å². The standard InChI is InChI=1S/C23H25ClFN7O2/c1-14-10-15(2)27-23(26-14)32-20(11-16(3)29-32)28-21(33)13-30-6-8-31(9-7-30)22(34)18-12-17(24)4-5-19(18)25/h4-5,10-12H,6-9,13H2,1-3H3,(H,28,33). The highest BCUT2D eigenvalue weighted by Gasteiger charge is 2.25. The van der Waals surface area contributed by atoms with E-state index in [9.17, 15) is 14.0 Å². The smallest absolute Gasteiger partial charge is 0.256 e. The van der Waals surface area contributed by atoms with E-state index in [4.69, 9.17) is 11.6 Å². The summed E-state index contributed by atoms with van der Waals surface area (Å²) in [4.78, 5) is 37.8. The van der Waals surface area contributed by atoms with Crippen LogP contribution >= 0.6 is 11.6 Å². The molecule has 2 amide bonds. The molecule has 4 rings (SSSR count). The maximum atomic E-state index is 14.0. The topological polar surface area (TPSA) is 96.3 Å². The predicted octanol–water partition coefficient (Wildman–Crippen LogP) is 2.78. The van der Waals surface area contributed by atoms with E-state index in [1.165, 1.54) is 22.9 Å². The van der Waals surface area contributed by atoms with Crippen LogP contribution in [0.15, 0.2) is 30.3 Å². The second kappa shape index (κ2) is 9.86. The molecule has 0 spiro atoms. The molecule has 0 radical (unpaired) electrons. The molecule has 1 fully saturated rings. The van der Waals surface area contributed by atoms with Crippen molar-refractivity contribution >= 4 is 29.2 Å². The van der Waals surface area contributed by atoms with Crippen molar-refractivity contribution in [2.75, 3.05) is 38.0 Å². The van der Waals surface area contributed by atoms with Crippen molar-refractivity contribution < 1.29 is 14.0 Å². The average molecular weight is 486 g/mol. The molecule has 0 unspecified atom stereocenters. The van der Waals surface area contributed by atoms with Crippen LogP contribution in [0.1, 0.15) is 27.4 Å². The van der Waals surface area contributed by atoms with Gasteiger partial charge in [0.15, 0.2) is 0 Å². The lowest BCUT2D eigenvalue weighted by Gasteiger charge is -2.34. The van der Waals surface area contributed by atoms with Gasteiger partial charge in [0.05, 0.1) is 17.8 Å². The zero-order chi connectivity index (χ0) is 24.4. The number of anilines is 1. The Morgan fingerprint density at radius 2 is 1.68 bits per heavy atom. The Balaban J connectivity index is 1.36. The number of amides is 2. The fourth-order valence-electron chi connectivity index (χ4n) is 3.87. The predicted molar refractivity (Wildman–Crippen MR) is 126 cm³/mol. The van der Waals surface area contributed by atoms with Gasteiger partial charge in [0.1, 0.15) is 11.6 Å². The average Bonchev–Trinajstić information content (AvgIpc) is 3.14. The van der Waals surface area contributed by atoms with Crippen molar-refractivity contribution in [2.24, 2.45) is 0 Å². The Morgan fingerprint density at radius 1 is 1.00 bits per heavy atom. The minimum absolute atomic E-state index is 0.0454. The molecule has 9 nitrogen and oxygen atoms in total. The molecule has 2 aromatic heterocycles. The number of benzene rings is 1. The maximum absolute atomic E-state index is 14.0. The normalized spacial score (nSPS) is 14.3. The first kappa shape index (κ1) is 23.8. The molecule has 1 aliphatic rings.